The fourth-order valence-corrected chi connectivity index (χ4v) is 3.90. The van der Waals surface area contributed by atoms with Crippen molar-refractivity contribution in [2.24, 2.45) is 0 Å². The van der Waals surface area contributed by atoms with Gasteiger partial charge in [0.2, 0.25) is 0 Å². The van der Waals surface area contributed by atoms with Gasteiger partial charge in [0.25, 0.3) is 11.5 Å². The number of hydrogen-bond donors (Lipinski definition) is 5. The van der Waals surface area contributed by atoms with Crippen molar-refractivity contribution < 1.29 is 14.7 Å². The van der Waals surface area contributed by atoms with Gasteiger partial charge in [-0.2, -0.15) is 5.10 Å². The van der Waals surface area contributed by atoms with Gasteiger partial charge in [-0.15, -0.1) is 0 Å². The number of H-pyrrole nitrogens is 1. The highest BCUT2D eigenvalue weighted by molar-refractivity contribution is 5.94. The van der Waals surface area contributed by atoms with Crippen LogP contribution in [-0.2, 0) is 0 Å². The maximum atomic E-state index is 12.8. The van der Waals surface area contributed by atoms with E-state index < -0.39 is 5.56 Å². The molecule has 3 aromatic rings. The molecule has 12 nitrogen and oxygen atoms in total. The molecule has 3 amide bonds. The number of piperazine rings is 1. The van der Waals surface area contributed by atoms with Crippen LogP contribution in [0.25, 0.3) is 11.3 Å². The molecule has 4 rings (SSSR count). The van der Waals surface area contributed by atoms with Gasteiger partial charge in [0.05, 0.1) is 17.9 Å². The minimum Gasteiger partial charge on any atom is -0.395 e. The Bertz CT molecular complexity index is 1320. The molecule has 0 radical (unpaired) electrons. The number of nitrogens with zero attached hydrogens (tertiary/aromatic N) is 4. The minimum absolute atomic E-state index is 0.147. The molecular formula is C25H30N8O4. The van der Waals surface area contributed by atoms with Gasteiger partial charge in [-0.05, 0) is 43.8 Å². The van der Waals surface area contributed by atoms with Gasteiger partial charge in [0.1, 0.15) is 11.5 Å². The summed E-state index contributed by atoms with van der Waals surface area (Å²) in [5.41, 5.74) is 2.85. The number of aromatic amines is 1. The zero-order valence-electron chi connectivity index (χ0n) is 20.7. The molecule has 3 heterocycles. The number of rotatable bonds is 7. The van der Waals surface area contributed by atoms with Gasteiger partial charge >= 0.3 is 6.03 Å². The smallest absolute Gasteiger partial charge is 0.321 e. The molecular weight excluding hydrogens is 476 g/mol. The molecule has 1 saturated heterocycles. The molecule has 1 aliphatic rings. The van der Waals surface area contributed by atoms with E-state index >= 15 is 0 Å². The van der Waals surface area contributed by atoms with Crippen molar-refractivity contribution in [2.45, 2.75) is 6.92 Å². The summed E-state index contributed by atoms with van der Waals surface area (Å²) >= 11 is 0. The second-order valence-electron chi connectivity index (χ2n) is 8.73. The quantitative estimate of drug-likeness (QED) is 0.322. The van der Waals surface area contributed by atoms with Crippen LogP contribution in [0.5, 0.6) is 0 Å². The lowest BCUT2D eigenvalue weighted by Crippen LogP contribution is -2.48. The minimum atomic E-state index is -0.438. The lowest BCUT2D eigenvalue weighted by atomic mass is 10.0. The molecule has 1 fully saturated rings. The third kappa shape index (κ3) is 6.29. The van der Waals surface area contributed by atoms with Crippen LogP contribution in [-0.4, -0.2) is 88.4 Å². The summed E-state index contributed by atoms with van der Waals surface area (Å²) in [4.78, 5) is 45.4. The highest BCUT2D eigenvalue weighted by atomic mass is 16.3. The summed E-state index contributed by atoms with van der Waals surface area (Å²) in [6.45, 7) is 4.87. The molecule has 1 aliphatic heterocycles. The van der Waals surface area contributed by atoms with Crippen LogP contribution in [0.4, 0.5) is 22.0 Å². The Balaban J connectivity index is 1.51. The van der Waals surface area contributed by atoms with E-state index in [4.69, 9.17) is 5.11 Å². The summed E-state index contributed by atoms with van der Waals surface area (Å²) in [6.07, 6.45) is 1.38. The van der Waals surface area contributed by atoms with Crippen molar-refractivity contribution in [3.8, 4) is 11.3 Å². The van der Waals surface area contributed by atoms with Crippen LogP contribution in [0, 0.1) is 6.92 Å². The van der Waals surface area contributed by atoms with Crippen molar-refractivity contribution in [3.63, 3.8) is 0 Å². The fraction of sp³-hybridized carbons (Fsp3) is 0.320. The zero-order chi connectivity index (χ0) is 26.4. The maximum Gasteiger partial charge on any atom is 0.321 e. The molecule has 0 bridgehead atoms. The number of benzene rings is 1. The van der Waals surface area contributed by atoms with Gasteiger partial charge in [0, 0.05) is 50.2 Å². The predicted molar refractivity (Wildman–Crippen MR) is 140 cm³/mol. The Morgan fingerprint density at radius 2 is 1.89 bits per heavy atom. The molecule has 194 valence electrons. The lowest BCUT2D eigenvalue weighted by Gasteiger charge is -2.32. The van der Waals surface area contributed by atoms with Gasteiger partial charge in [-0.25, -0.2) is 14.9 Å². The number of aliphatic hydroxyl groups is 1. The first kappa shape index (κ1) is 25.8. The van der Waals surface area contributed by atoms with Gasteiger partial charge < -0.3 is 30.9 Å². The Morgan fingerprint density at radius 3 is 2.59 bits per heavy atom. The molecule has 37 heavy (non-hydrogen) atoms. The Labute approximate surface area is 213 Å². The van der Waals surface area contributed by atoms with Gasteiger partial charge in [-0.3, -0.25) is 9.59 Å². The van der Waals surface area contributed by atoms with E-state index in [1.807, 2.05) is 32.2 Å². The summed E-state index contributed by atoms with van der Waals surface area (Å²) in [5.74, 6) is 0.0125. The summed E-state index contributed by atoms with van der Waals surface area (Å²) < 4.78 is 0. The zero-order valence-corrected chi connectivity index (χ0v) is 20.7. The monoisotopic (exact) mass is 506 g/mol. The number of carbonyl (C=O) groups is 2. The second kappa shape index (κ2) is 11.6. The van der Waals surface area contributed by atoms with Gasteiger partial charge in [0.15, 0.2) is 0 Å². The molecule has 5 N–H and O–H groups in total. The number of pyridine rings is 1. The number of aliphatic hydroxyl groups excluding tert-OH is 1. The number of hydrogen-bond acceptors (Lipinski definition) is 8. The number of anilines is 3. The number of likely N-dealkylation sites (N-methyl/N-ethyl adjacent to an activating group) is 1. The highest BCUT2D eigenvalue weighted by Gasteiger charge is 2.20. The van der Waals surface area contributed by atoms with E-state index in [0.29, 0.717) is 35.9 Å². The van der Waals surface area contributed by atoms with E-state index in [1.165, 1.54) is 6.20 Å². The van der Waals surface area contributed by atoms with Crippen molar-refractivity contribution in [3.05, 3.63) is 64.1 Å². The lowest BCUT2D eigenvalue weighted by molar-refractivity contribution is 0.0944. The normalized spacial score (nSPS) is 13.8. The molecule has 0 saturated carbocycles. The molecule has 0 atom stereocenters. The molecule has 0 aliphatic carbocycles. The van der Waals surface area contributed by atoms with E-state index in [-0.39, 0.29) is 30.8 Å². The molecule has 1 aromatic carbocycles. The Kier molecular flexibility index (Phi) is 8.11. The first-order chi connectivity index (χ1) is 17.9. The standard InChI is InChI=1S/C25H30N8O4/c1-16-18(4-3-5-19(16)29-25(37)33-11-9-32(2)10-12-33)20-14-21(24(36)31-30-20)28-22-7-6-17(15-27-22)23(35)26-8-13-34/h3-7,14-15,34H,8-13H2,1-2H3,(H,26,35)(H,29,37)(H,31,36)(H,27,28,30). The van der Waals surface area contributed by atoms with Crippen LogP contribution >= 0.6 is 0 Å². The number of urea groups is 1. The first-order valence-electron chi connectivity index (χ1n) is 11.9. The van der Waals surface area contributed by atoms with Crippen molar-refractivity contribution in [2.75, 3.05) is 57.0 Å². The topological polar surface area (TPSA) is 156 Å². The van der Waals surface area contributed by atoms with E-state index in [1.54, 1.807) is 23.1 Å². The van der Waals surface area contributed by atoms with Crippen molar-refractivity contribution in [1.82, 2.24) is 30.3 Å². The summed E-state index contributed by atoms with van der Waals surface area (Å²) in [5, 5.41) is 24.0. The molecule has 12 heteroatoms. The van der Waals surface area contributed by atoms with E-state index in [0.717, 1.165) is 24.2 Å². The van der Waals surface area contributed by atoms with E-state index in [2.05, 4.69) is 36.0 Å². The average molecular weight is 507 g/mol. The SMILES string of the molecule is Cc1c(NC(=O)N2CCN(C)CC2)cccc1-c1cc(Nc2ccc(C(=O)NCCO)cn2)c(=O)[nH]n1. The van der Waals surface area contributed by atoms with Crippen LogP contribution < -0.4 is 21.5 Å². The molecule has 0 spiro atoms. The van der Waals surface area contributed by atoms with Crippen LogP contribution in [0.2, 0.25) is 0 Å². The largest absolute Gasteiger partial charge is 0.395 e. The maximum absolute atomic E-state index is 12.8. The summed E-state index contributed by atoms with van der Waals surface area (Å²) in [7, 11) is 2.04. The van der Waals surface area contributed by atoms with Crippen molar-refractivity contribution in [1.29, 1.82) is 0 Å². The third-order valence-electron chi connectivity index (χ3n) is 6.13. The third-order valence-corrected chi connectivity index (χ3v) is 6.13. The Morgan fingerprint density at radius 1 is 1.11 bits per heavy atom. The Hall–Kier alpha value is -4.29. The molecule has 2 aromatic heterocycles. The van der Waals surface area contributed by atoms with Gasteiger partial charge in [-0.1, -0.05) is 12.1 Å². The van der Waals surface area contributed by atoms with Crippen molar-refractivity contribution >= 4 is 29.1 Å². The van der Waals surface area contributed by atoms with Crippen LogP contribution in [0.1, 0.15) is 15.9 Å². The van der Waals surface area contributed by atoms with Crippen LogP contribution in [0.15, 0.2) is 47.4 Å². The summed E-state index contributed by atoms with van der Waals surface area (Å²) in [6, 6.07) is 10.1. The molecule has 0 unspecified atom stereocenters. The number of nitrogens with one attached hydrogen (secondary N) is 4. The average Bonchev–Trinajstić information content (AvgIpc) is 2.90. The predicted octanol–water partition coefficient (Wildman–Crippen LogP) is 1.39. The van der Waals surface area contributed by atoms with Crippen LogP contribution in [0.3, 0.4) is 0 Å². The van der Waals surface area contributed by atoms with E-state index in [9.17, 15) is 14.4 Å². The highest BCUT2D eigenvalue weighted by Crippen LogP contribution is 2.28. The number of aromatic nitrogens is 3. The fourth-order valence-electron chi connectivity index (χ4n) is 3.90. The number of carbonyl (C=O) groups excluding carboxylic acids is 2. The number of amides is 3. The first-order valence-corrected chi connectivity index (χ1v) is 11.9. The second-order valence-corrected chi connectivity index (χ2v) is 8.73.